The fourth-order valence-corrected chi connectivity index (χ4v) is 3.27. The number of nitrogens with one attached hydrogen (secondary N) is 1. The number of hydrogen-bond acceptors (Lipinski definition) is 3. The highest BCUT2D eigenvalue weighted by Crippen LogP contribution is 2.28. The Labute approximate surface area is 181 Å². The molecule has 0 radical (unpaired) electrons. The second-order valence-corrected chi connectivity index (χ2v) is 7.76. The lowest BCUT2D eigenvalue weighted by molar-refractivity contribution is -0.122. The van der Waals surface area contributed by atoms with Crippen molar-refractivity contribution < 1.29 is 14.3 Å². The van der Waals surface area contributed by atoms with Crippen LogP contribution in [0.2, 0.25) is 5.02 Å². The summed E-state index contributed by atoms with van der Waals surface area (Å²) < 4.78 is 5.93. The van der Waals surface area contributed by atoms with E-state index >= 15 is 0 Å². The number of carbonyl (C=O) groups excluding carboxylic acids is 2. The molecule has 30 heavy (non-hydrogen) atoms. The Balaban J connectivity index is 1.81. The summed E-state index contributed by atoms with van der Waals surface area (Å²) in [6.07, 6.45) is -0.750. The Morgan fingerprint density at radius 1 is 0.900 bits per heavy atom. The first-order valence-corrected chi connectivity index (χ1v) is 10.2. The summed E-state index contributed by atoms with van der Waals surface area (Å²) >= 11 is 6.11. The minimum atomic E-state index is -0.750. The van der Waals surface area contributed by atoms with Crippen molar-refractivity contribution >= 4 is 29.0 Å². The molecule has 0 spiro atoms. The average molecular weight is 422 g/mol. The number of para-hydroxylation sites is 1. The van der Waals surface area contributed by atoms with Crippen LogP contribution in [0.5, 0.6) is 5.75 Å². The van der Waals surface area contributed by atoms with E-state index in [0.29, 0.717) is 27.6 Å². The van der Waals surface area contributed by atoms with Crippen molar-refractivity contribution in [1.82, 2.24) is 0 Å². The van der Waals surface area contributed by atoms with Gasteiger partial charge in [0.1, 0.15) is 5.75 Å². The molecule has 3 aromatic rings. The first kappa shape index (κ1) is 21.6. The topological polar surface area (TPSA) is 55.4 Å². The number of rotatable bonds is 7. The van der Waals surface area contributed by atoms with Crippen molar-refractivity contribution in [2.75, 3.05) is 5.32 Å². The first-order valence-electron chi connectivity index (χ1n) is 9.82. The van der Waals surface area contributed by atoms with Crippen LogP contribution in [0.15, 0.2) is 72.8 Å². The van der Waals surface area contributed by atoms with Gasteiger partial charge in [-0.15, -0.1) is 0 Å². The zero-order chi connectivity index (χ0) is 21.7. The lowest BCUT2D eigenvalue weighted by Crippen LogP contribution is -2.31. The van der Waals surface area contributed by atoms with E-state index in [1.54, 1.807) is 49.4 Å². The van der Waals surface area contributed by atoms with Crippen molar-refractivity contribution in [2.45, 2.75) is 32.8 Å². The van der Waals surface area contributed by atoms with Gasteiger partial charge < -0.3 is 10.1 Å². The Morgan fingerprint density at radius 3 is 2.27 bits per heavy atom. The number of benzene rings is 3. The molecule has 1 unspecified atom stereocenters. The highest BCUT2D eigenvalue weighted by Gasteiger charge is 2.21. The third-order valence-electron chi connectivity index (χ3n) is 4.73. The van der Waals surface area contributed by atoms with E-state index in [2.05, 4.69) is 19.2 Å². The van der Waals surface area contributed by atoms with Crippen LogP contribution in [0.1, 0.15) is 48.2 Å². The van der Waals surface area contributed by atoms with Crippen molar-refractivity contribution in [3.63, 3.8) is 0 Å². The summed E-state index contributed by atoms with van der Waals surface area (Å²) in [5.74, 6) is 0.375. The third-order valence-corrected chi connectivity index (χ3v) is 4.97. The van der Waals surface area contributed by atoms with Gasteiger partial charge in [0, 0.05) is 16.1 Å². The summed E-state index contributed by atoms with van der Waals surface area (Å²) in [4.78, 5) is 25.8. The van der Waals surface area contributed by atoms with Gasteiger partial charge in [-0.3, -0.25) is 9.59 Å². The van der Waals surface area contributed by atoms with Crippen molar-refractivity contribution in [3.05, 3.63) is 94.5 Å². The van der Waals surface area contributed by atoms with Gasteiger partial charge in [0.2, 0.25) is 0 Å². The average Bonchev–Trinajstić information content (AvgIpc) is 2.75. The SMILES string of the molecule is CC(Oc1ccccc1C(C)C)C(=O)Nc1ccc(Cl)cc1C(=O)c1ccccc1. The third kappa shape index (κ3) is 5.08. The van der Waals surface area contributed by atoms with E-state index in [9.17, 15) is 9.59 Å². The van der Waals surface area contributed by atoms with E-state index in [0.717, 1.165) is 5.56 Å². The molecule has 0 aliphatic rings. The highest BCUT2D eigenvalue weighted by atomic mass is 35.5. The molecule has 1 atom stereocenters. The number of ether oxygens (including phenoxy) is 1. The number of amides is 1. The molecule has 4 nitrogen and oxygen atoms in total. The van der Waals surface area contributed by atoms with E-state index in [4.69, 9.17) is 16.3 Å². The molecule has 1 N–H and O–H groups in total. The minimum absolute atomic E-state index is 0.216. The lowest BCUT2D eigenvalue weighted by Gasteiger charge is -2.19. The van der Waals surface area contributed by atoms with Gasteiger partial charge in [-0.25, -0.2) is 0 Å². The Bertz CT molecular complexity index is 1050. The molecule has 1 amide bonds. The van der Waals surface area contributed by atoms with Crippen LogP contribution in [0.25, 0.3) is 0 Å². The van der Waals surface area contributed by atoms with Crippen molar-refractivity contribution in [3.8, 4) is 5.75 Å². The van der Waals surface area contributed by atoms with E-state index < -0.39 is 6.10 Å². The molecule has 0 aromatic heterocycles. The lowest BCUT2D eigenvalue weighted by atomic mass is 10.0. The first-order chi connectivity index (χ1) is 14.4. The summed E-state index contributed by atoms with van der Waals surface area (Å²) in [5, 5.41) is 3.23. The van der Waals surface area contributed by atoms with E-state index in [-0.39, 0.29) is 17.6 Å². The fourth-order valence-electron chi connectivity index (χ4n) is 3.10. The second kappa shape index (κ2) is 9.59. The molecular weight excluding hydrogens is 398 g/mol. The zero-order valence-electron chi connectivity index (χ0n) is 17.2. The highest BCUT2D eigenvalue weighted by molar-refractivity contribution is 6.31. The van der Waals surface area contributed by atoms with Crippen LogP contribution >= 0.6 is 11.6 Å². The quantitative estimate of drug-likeness (QED) is 0.469. The molecule has 3 rings (SSSR count). The summed E-state index contributed by atoms with van der Waals surface area (Å²) in [5.41, 5.74) is 2.27. The van der Waals surface area contributed by atoms with Crippen LogP contribution in [0.4, 0.5) is 5.69 Å². The van der Waals surface area contributed by atoms with Crippen LogP contribution in [-0.2, 0) is 4.79 Å². The molecule has 0 saturated heterocycles. The molecule has 0 saturated carbocycles. The van der Waals surface area contributed by atoms with Gasteiger partial charge in [0.25, 0.3) is 5.91 Å². The number of anilines is 1. The molecule has 0 heterocycles. The summed E-state index contributed by atoms with van der Waals surface area (Å²) in [7, 11) is 0. The van der Waals surface area contributed by atoms with Gasteiger partial charge in [-0.2, -0.15) is 0 Å². The van der Waals surface area contributed by atoms with E-state index in [1.807, 2.05) is 30.3 Å². The maximum absolute atomic E-state index is 12.9. The zero-order valence-corrected chi connectivity index (χ0v) is 17.9. The fraction of sp³-hybridized carbons (Fsp3) is 0.200. The number of halogens is 1. The Kier molecular flexibility index (Phi) is 6.91. The predicted molar refractivity (Wildman–Crippen MR) is 121 cm³/mol. The summed E-state index contributed by atoms with van der Waals surface area (Å²) in [6, 6.07) is 21.4. The molecule has 0 aliphatic heterocycles. The maximum Gasteiger partial charge on any atom is 0.265 e. The van der Waals surface area contributed by atoms with Crippen LogP contribution in [-0.4, -0.2) is 17.8 Å². The molecule has 5 heteroatoms. The standard InChI is InChI=1S/C25H24ClNO3/c1-16(2)20-11-7-8-12-23(20)30-17(3)25(29)27-22-14-13-19(26)15-21(22)24(28)18-9-5-4-6-10-18/h4-17H,1-3H3,(H,27,29). The van der Waals surface area contributed by atoms with Crippen molar-refractivity contribution in [1.29, 1.82) is 0 Å². The second-order valence-electron chi connectivity index (χ2n) is 7.33. The van der Waals surface area contributed by atoms with Gasteiger partial charge >= 0.3 is 0 Å². The van der Waals surface area contributed by atoms with Crippen LogP contribution < -0.4 is 10.1 Å². The van der Waals surface area contributed by atoms with Gasteiger partial charge in [0.15, 0.2) is 11.9 Å². The van der Waals surface area contributed by atoms with Crippen LogP contribution in [0.3, 0.4) is 0 Å². The normalized spacial score (nSPS) is 11.8. The monoisotopic (exact) mass is 421 g/mol. The Hall–Kier alpha value is -3.11. The number of hydrogen-bond donors (Lipinski definition) is 1. The van der Waals surface area contributed by atoms with Crippen molar-refractivity contribution in [2.24, 2.45) is 0 Å². The smallest absolute Gasteiger partial charge is 0.265 e. The van der Waals surface area contributed by atoms with Gasteiger partial charge in [0.05, 0.1) is 5.69 Å². The molecule has 154 valence electrons. The maximum atomic E-state index is 12.9. The van der Waals surface area contributed by atoms with Crippen LogP contribution in [0, 0.1) is 0 Å². The largest absolute Gasteiger partial charge is 0.481 e. The molecule has 0 fully saturated rings. The number of ketones is 1. The predicted octanol–water partition coefficient (Wildman–Crippen LogP) is 6.10. The van der Waals surface area contributed by atoms with Gasteiger partial charge in [-0.1, -0.05) is 74.0 Å². The van der Waals surface area contributed by atoms with E-state index in [1.165, 1.54) is 0 Å². The minimum Gasteiger partial charge on any atom is -0.481 e. The Morgan fingerprint density at radius 2 is 1.57 bits per heavy atom. The molecule has 0 bridgehead atoms. The molecular formula is C25H24ClNO3. The molecule has 3 aromatic carbocycles. The van der Waals surface area contributed by atoms with Gasteiger partial charge in [-0.05, 0) is 42.7 Å². The summed E-state index contributed by atoms with van der Waals surface area (Å²) in [6.45, 7) is 5.82. The number of carbonyl (C=O) groups is 2. The molecule has 0 aliphatic carbocycles.